The maximum Gasteiger partial charge on any atom is 0.273 e. The van der Waals surface area contributed by atoms with Crippen LogP contribution in [0.25, 0.3) is 0 Å². The Hall–Kier alpha value is -0.950. The molecule has 1 unspecified atom stereocenters. The van der Waals surface area contributed by atoms with E-state index in [2.05, 4.69) is 4.37 Å². The molecule has 0 saturated carbocycles. The summed E-state index contributed by atoms with van der Waals surface area (Å²) in [6.07, 6.45) is 0.533. The van der Waals surface area contributed by atoms with E-state index in [-0.39, 0.29) is 23.5 Å². The highest BCUT2D eigenvalue weighted by atomic mass is 32.2. The summed E-state index contributed by atoms with van der Waals surface area (Å²) >= 11 is 1.29. The van der Waals surface area contributed by atoms with E-state index in [1.807, 2.05) is 13.8 Å². The number of aryl methyl sites for hydroxylation is 1. The summed E-state index contributed by atoms with van der Waals surface area (Å²) in [5.41, 5.74) is 0.420. The average Bonchev–Trinajstić information content (AvgIpc) is 2.86. The van der Waals surface area contributed by atoms with Crippen LogP contribution in [0.3, 0.4) is 0 Å². The molecule has 1 fully saturated rings. The lowest BCUT2D eigenvalue weighted by molar-refractivity contribution is 0.0703. The number of carbonyl (C=O) groups is 1. The molecule has 0 N–H and O–H groups in total. The fourth-order valence-electron chi connectivity index (χ4n) is 2.20. The molecule has 7 heteroatoms. The lowest BCUT2D eigenvalue weighted by Gasteiger charge is -2.25. The van der Waals surface area contributed by atoms with Crippen molar-refractivity contribution in [1.82, 2.24) is 9.27 Å². The van der Waals surface area contributed by atoms with Gasteiger partial charge in [-0.15, -0.1) is 0 Å². The average molecular weight is 288 g/mol. The van der Waals surface area contributed by atoms with Gasteiger partial charge < -0.3 is 4.90 Å². The summed E-state index contributed by atoms with van der Waals surface area (Å²) in [6.45, 7) is 4.27. The van der Waals surface area contributed by atoms with E-state index < -0.39 is 9.84 Å². The predicted octanol–water partition coefficient (Wildman–Crippen LogP) is 1.10. The zero-order valence-electron chi connectivity index (χ0n) is 10.4. The summed E-state index contributed by atoms with van der Waals surface area (Å²) in [4.78, 5) is 14.9. The first-order valence-electron chi connectivity index (χ1n) is 5.87. The molecule has 1 aromatic heterocycles. The van der Waals surface area contributed by atoms with Gasteiger partial charge in [-0.05, 0) is 37.9 Å². The number of carbonyl (C=O) groups excluding carboxylic acids is 1. The van der Waals surface area contributed by atoms with E-state index in [0.29, 0.717) is 18.7 Å². The van der Waals surface area contributed by atoms with E-state index in [9.17, 15) is 13.2 Å². The number of amides is 1. The molecule has 5 nitrogen and oxygen atoms in total. The van der Waals surface area contributed by atoms with Crippen molar-refractivity contribution in [1.29, 1.82) is 0 Å². The van der Waals surface area contributed by atoms with Gasteiger partial charge >= 0.3 is 0 Å². The Balaban J connectivity index is 2.17. The van der Waals surface area contributed by atoms with E-state index in [1.54, 1.807) is 11.0 Å². The van der Waals surface area contributed by atoms with Crippen molar-refractivity contribution in [3.63, 3.8) is 0 Å². The van der Waals surface area contributed by atoms with Crippen molar-refractivity contribution in [3.05, 3.63) is 16.6 Å². The van der Waals surface area contributed by atoms with Crippen LogP contribution >= 0.6 is 11.5 Å². The van der Waals surface area contributed by atoms with Crippen LogP contribution in [0.5, 0.6) is 0 Å². The highest BCUT2D eigenvalue weighted by Gasteiger charge is 2.34. The predicted molar refractivity (Wildman–Crippen MR) is 70.6 cm³/mol. The third-order valence-corrected chi connectivity index (χ3v) is 5.54. The number of sulfone groups is 1. The molecule has 100 valence electrons. The third-order valence-electron chi connectivity index (χ3n) is 3.10. The molecular weight excluding hydrogens is 272 g/mol. The largest absolute Gasteiger partial charge is 0.334 e. The Bertz CT molecular complexity index is 550. The first-order valence-corrected chi connectivity index (χ1v) is 8.47. The van der Waals surface area contributed by atoms with Crippen molar-refractivity contribution >= 4 is 27.3 Å². The quantitative estimate of drug-likeness (QED) is 0.835. The van der Waals surface area contributed by atoms with Gasteiger partial charge in [0.15, 0.2) is 9.84 Å². The molecule has 0 spiro atoms. The van der Waals surface area contributed by atoms with Crippen LogP contribution in [0.15, 0.2) is 6.07 Å². The zero-order chi connectivity index (χ0) is 13.3. The van der Waals surface area contributed by atoms with Gasteiger partial charge in [0.25, 0.3) is 5.91 Å². The molecule has 1 aromatic rings. The maximum atomic E-state index is 12.3. The number of rotatable bonds is 3. The van der Waals surface area contributed by atoms with Gasteiger partial charge in [-0.1, -0.05) is 0 Å². The number of aromatic nitrogens is 1. The standard InChI is InChI=1S/C11H16N2O3S2/c1-3-13(9-4-5-18(15,16)7-9)11(14)10-6-8(2)17-12-10/h6,9H,3-5,7H2,1-2H3. The third kappa shape index (κ3) is 2.72. The minimum absolute atomic E-state index is 0.0791. The Morgan fingerprint density at radius 3 is 2.78 bits per heavy atom. The Labute approximate surface area is 111 Å². The number of nitrogens with zero attached hydrogens (tertiary/aromatic N) is 2. The van der Waals surface area contributed by atoms with E-state index in [0.717, 1.165) is 4.88 Å². The molecule has 1 aliphatic heterocycles. The maximum absolute atomic E-state index is 12.3. The van der Waals surface area contributed by atoms with Crippen molar-refractivity contribution in [2.45, 2.75) is 26.3 Å². The second-order valence-electron chi connectivity index (χ2n) is 4.47. The fraction of sp³-hybridized carbons (Fsp3) is 0.636. The van der Waals surface area contributed by atoms with Crippen LogP contribution in [0.2, 0.25) is 0 Å². The van der Waals surface area contributed by atoms with Gasteiger partial charge in [0.1, 0.15) is 5.69 Å². The molecule has 2 heterocycles. The minimum Gasteiger partial charge on any atom is -0.334 e. The van der Waals surface area contributed by atoms with Gasteiger partial charge in [0.2, 0.25) is 0 Å². The number of hydrogen-bond acceptors (Lipinski definition) is 5. The zero-order valence-corrected chi connectivity index (χ0v) is 12.1. The van der Waals surface area contributed by atoms with Gasteiger partial charge in [-0.25, -0.2) is 8.42 Å². The molecule has 1 aliphatic rings. The van der Waals surface area contributed by atoms with Gasteiger partial charge in [0, 0.05) is 17.5 Å². The Morgan fingerprint density at radius 2 is 2.33 bits per heavy atom. The normalized spacial score (nSPS) is 22.0. The van der Waals surface area contributed by atoms with Crippen LogP contribution in [0.1, 0.15) is 28.7 Å². The topological polar surface area (TPSA) is 67.3 Å². The van der Waals surface area contributed by atoms with Gasteiger partial charge in [-0.3, -0.25) is 4.79 Å². The second-order valence-corrected chi connectivity index (χ2v) is 7.71. The van der Waals surface area contributed by atoms with Crippen molar-refractivity contribution in [3.8, 4) is 0 Å². The molecule has 2 rings (SSSR count). The van der Waals surface area contributed by atoms with Crippen LogP contribution in [-0.2, 0) is 9.84 Å². The summed E-state index contributed by atoms with van der Waals surface area (Å²) in [6, 6.07) is 1.55. The molecule has 0 bridgehead atoms. The fourth-order valence-corrected chi connectivity index (χ4v) is 4.47. The molecule has 1 atom stereocenters. The molecule has 1 saturated heterocycles. The molecule has 0 radical (unpaired) electrons. The minimum atomic E-state index is -2.97. The van der Waals surface area contributed by atoms with Crippen LogP contribution in [-0.4, -0.2) is 47.7 Å². The summed E-state index contributed by atoms with van der Waals surface area (Å²) < 4.78 is 27.0. The molecular formula is C11H16N2O3S2. The molecule has 0 aromatic carbocycles. The van der Waals surface area contributed by atoms with Crippen LogP contribution in [0.4, 0.5) is 0 Å². The number of hydrogen-bond donors (Lipinski definition) is 0. The Kier molecular flexibility index (Phi) is 3.72. The van der Waals surface area contributed by atoms with Crippen molar-refractivity contribution in [2.75, 3.05) is 18.1 Å². The Morgan fingerprint density at radius 1 is 1.61 bits per heavy atom. The van der Waals surface area contributed by atoms with Gasteiger partial charge in [0.05, 0.1) is 11.5 Å². The van der Waals surface area contributed by atoms with Crippen LogP contribution in [0, 0.1) is 6.92 Å². The lowest BCUT2D eigenvalue weighted by atomic mass is 10.2. The smallest absolute Gasteiger partial charge is 0.273 e. The van der Waals surface area contributed by atoms with E-state index in [4.69, 9.17) is 0 Å². The monoisotopic (exact) mass is 288 g/mol. The van der Waals surface area contributed by atoms with Crippen LogP contribution < -0.4 is 0 Å². The summed E-state index contributed by atoms with van der Waals surface area (Å²) in [5, 5.41) is 0. The molecule has 18 heavy (non-hydrogen) atoms. The highest BCUT2D eigenvalue weighted by Crippen LogP contribution is 2.20. The molecule has 0 aliphatic carbocycles. The van der Waals surface area contributed by atoms with Crippen molar-refractivity contribution < 1.29 is 13.2 Å². The van der Waals surface area contributed by atoms with Gasteiger partial charge in [-0.2, -0.15) is 4.37 Å². The summed E-state index contributed by atoms with van der Waals surface area (Å²) in [7, 11) is -2.97. The second kappa shape index (κ2) is 4.97. The van der Waals surface area contributed by atoms with E-state index in [1.165, 1.54) is 11.5 Å². The molecule has 1 amide bonds. The van der Waals surface area contributed by atoms with Crippen molar-refractivity contribution in [2.24, 2.45) is 0 Å². The SMILES string of the molecule is CCN(C(=O)c1cc(C)sn1)C1CCS(=O)(=O)C1. The van der Waals surface area contributed by atoms with E-state index >= 15 is 0 Å². The highest BCUT2D eigenvalue weighted by molar-refractivity contribution is 7.91. The first-order chi connectivity index (χ1) is 8.43. The summed E-state index contributed by atoms with van der Waals surface area (Å²) in [5.74, 6) is 0.0942. The lowest BCUT2D eigenvalue weighted by Crippen LogP contribution is -2.41. The first kappa shape index (κ1) is 13.5.